The van der Waals surface area contributed by atoms with Crippen LogP contribution >= 0.6 is 11.8 Å². The van der Waals surface area contributed by atoms with Crippen LogP contribution in [-0.4, -0.2) is 26.4 Å². The van der Waals surface area contributed by atoms with Crippen LogP contribution in [0, 0.1) is 0 Å². The van der Waals surface area contributed by atoms with Crippen LogP contribution in [0.3, 0.4) is 0 Å². The highest BCUT2D eigenvalue weighted by Crippen LogP contribution is 2.24. The third-order valence-electron chi connectivity index (χ3n) is 5.17. The molecule has 0 saturated heterocycles. The first-order valence-corrected chi connectivity index (χ1v) is 11.7. The monoisotopic (exact) mass is 442 g/mol. The minimum absolute atomic E-state index is 0.0284. The first-order chi connectivity index (χ1) is 15.7. The number of nitrogens with zero attached hydrogens (tertiary/aromatic N) is 3. The molecule has 0 spiro atoms. The molecule has 32 heavy (non-hydrogen) atoms. The number of hydrogen-bond donors (Lipinski definition) is 1. The van der Waals surface area contributed by atoms with Gasteiger partial charge in [-0.05, 0) is 35.2 Å². The Morgan fingerprint density at radius 3 is 2.16 bits per heavy atom. The Balaban J connectivity index is 1.50. The Morgan fingerprint density at radius 1 is 0.844 bits per heavy atom. The molecule has 162 valence electrons. The minimum Gasteiger partial charge on any atom is -0.351 e. The van der Waals surface area contributed by atoms with Gasteiger partial charge in [-0.15, -0.1) is 10.2 Å². The van der Waals surface area contributed by atoms with Crippen molar-refractivity contribution in [3.8, 4) is 5.69 Å². The fourth-order valence-corrected chi connectivity index (χ4v) is 4.21. The zero-order valence-electron chi connectivity index (χ0n) is 18.1. The summed E-state index contributed by atoms with van der Waals surface area (Å²) in [5, 5.41) is 12.6. The molecular weight excluding hydrogens is 416 g/mol. The van der Waals surface area contributed by atoms with Gasteiger partial charge in [-0.3, -0.25) is 9.36 Å². The predicted octanol–water partition coefficient (Wildman–Crippen LogP) is 4.83. The summed E-state index contributed by atoms with van der Waals surface area (Å²) in [4.78, 5) is 12.4. The van der Waals surface area contributed by atoms with Crippen molar-refractivity contribution in [2.45, 2.75) is 31.5 Å². The van der Waals surface area contributed by atoms with Gasteiger partial charge in [0.2, 0.25) is 5.91 Å². The molecule has 0 fully saturated rings. The number of nitrogens with one attached hydrogen (secondary N) is 1. The highest BCUT2D eigenvalue weighted by molar-refractivity contribution is 7.99. The van der Waals surface area contributed by atoms with Gasteiger partial charge in [0.05, 0.1) is 5.75 Å². The zero-order chi connectivity index (χ0) is 22.2. The molecular formula is C26H26N4OS. The van der Waals surface area contributed by atoms with Crippen LogP contribution in [0.15, 0.2) is 90.1 Å². The van der Waals surface area contributed by atoms with E-state index < -0.39 is 0 Å². The maximum absolute atomic E-state index is 12.4. The van der Waals surface area contributed by atoms with Crippen LogP contribution in [0.1, 0.15) is 29.4 Å². The topological polar surface area (TPSA) is 59.8 Å². The number of thioether (sulfide) groups is 1. The summed E-state index contributed by atoms with van der Waals surface area (Å²) in [6.07, 6.45) is 1.66. The summed E-state index contributed by atoms with van der Waals surface area (Å²) in [6.45, 7) is 2.66. The first-order valence-electron chi connectivity index (χ1n) is 10.7. The molecule has 0 aliphatic carbocycles. The van der Waals surface area contributed by atoms with Gasteiger partial charge >= 0.3 is 0 Å². The molecule has 0 unspecified atom stereocenters. The lowest BCUT2D eigenvalue weighted by Gasteiger charge is -2.11. The minimum atomic E-state index is -0.0284. The molecule has 1 amide bonds. The first kappa shape index (κ1) is 21.8. The standard InChI is InChI=1S/C26H26N4OS/c1-2-20-13-15-23(16-14-20)30-24(17-21-9-5-3-6-10-21)28-29-26(30)32-19-25(31)27-18-22-11-7-4-8-12-22/h3-16H,2,17-19H2,1H3,(H,27,31). The summed E-state index contributed by atoms with van der Waals surface area (Å²) in [6, 6.07) is 28.6. The van der Waals surface area contributed by atoms with Gasteiger partial charge < -0.3 is 5.32 Å². The average Bonchev–Trinajstić information content (AvgIpc) is 3.25. The van der Waals surface area contributed by atoms with Crippen molar-refractivity contribution in [3.05, 3.63) is 107 Å². The Morgan fingerprint density at radius 2 is 1.50 bits per heavy atom. The summed E-state index contributed by atoms with van der Waals surface area (Å²) < 4.78 is 2.06. The molecule has 0 aliphatic heterocycles. The summed E-state index contributed by atoms with van der Waals surface area (Å²) >= 11 is 1.40. The van der Waals surface area contributed by atoms with E-state index in [2.05, 4.69) is 63.4 Å². The molecule has 1 N–H and O–H groups in total. The van der Waals surface area contributed by atoms with Crippen molar-refractivity contribution in [1.29, 1.82) is 0 Å². The van der Waals surface area contributed by atoms with E-state index >= 15 is 0 Å². The van der Waals surface area contributed by atoms with Crippen LogP contribution in [0.5, 0.6) is 0 Å². The van der Waals surface area contributed by atoms with E-state index in [0.29, 0.717) is 13.0 Å². The SMILES string of the molecule is CCc1ccc(-n2c(Cc3ccccc3)nnc2SCC(=O)NCc2ccccc2)cc1. The second kappa shape index (κ2) is 10.8. The number of aromatic nitrogens is 3. The van der Waals surface area contributed by atoms with Crippen LogP contribution in [0.25, 0.3) is 5.69 Å². The fourth-order valence-electron chi connectivity index (χ4n) is 3.40. The highest BCUT2D eigenvalue weighted by Gasteiger charge is 2.16. The van der Waals surface area contributed by atoms with Gasteiger partial charge in [0.25, 0.3) is 0 Å². The lowest BCUT2D eigenvalue weighted by Crippen LogP contribution is -2.24. The molecule has 1 heterocycles. The Kier molecular flexibility index (Phi) is 7.35. The number of aryl methyl sites for hydroxylation is 1. The van der Waals surface area contributed by atoms with Crippen molar-refractivity contribution in [2.75, 3.05) is 5.75 Å². The number of carbonyl (C=O) groups excluding carboxylic acids is 1. The summed E-state index contributed by atoms with van der Waals surface area (Å²) in [5.74, 6) is 1.11. The highest BCUT2D eigenvalue weighted by atomic mass is 32.2. The molecule has 6 heteroatoms. The number of carbonyl (C=O) groups is 1. The third kappa shape index (κ3) is 5.65. The molecule has 0 radical (unpaired) electrons. The molecule has 4 aromatic rings. The smallest absolute Gasteiger partial charge is 0.230 e. The van der Waals surface area contributed by atoms with E-state index in [0.717, 1.165) is 28.7 Å². The molecule has 0 bridgehead atoms. The van der Waals surface area contributed by atoms with E-state index in [1.54, 1.807) is 0 Å². The van der Waals surface area contributed by atoms with Gasteiger partial charge in [0.15, 0.2) is 5.16 Å². The Labute approximate surface area is 192 Å². The summed E-state index contributed by atoms with van der Waals surface area (Å²) in [7, 11) is 0. The van der Waals surface area contributed by atoms with E-state index in [-0.39, 0.29) is 11.7 Å². The van der Waals surface area contributed by atoms with E-state index in [9.17, 15) is 4.79 Å². The van der Waals surface area contributed by atoms with E-state index in [1.807, 2.05) is 48.5 Å². The van der Waals surface area contributed by atoms with Crippen molar-refractivity contribution in [2.24, 2.45) is 0 Å². The van der Waals surface area contributed by atoms with Crippen molar-refractivity contribution >= 4 is 17.7 Å². The van der Waals surface area contributed by atoms with Crippen LogP contribution in [-0.2, 0) is 24.2 Å². The number of benzene rings is 3. The second-order valence-corrected chi connectivity index (χ2v) is 8.41. The lowest BCUT2D eigenvalue weighted by molar-refractivity contribution is -0.118. The third-order valence-corrected chi connectivity index (χ3v) is 6.10. The van der Waals surface area contributed by atoms with Gasteiger partial charge in [0.1, 0.15) is 5.82 Å². The Bertz CT molecular complexity index is 1140. The molecule has 0 aliphatic rings. The van der Waals surface area contributed by atoms with Gasteiger partial charge in [0, 0.05) is 18.7 Å². The number of rotatable bonds is 9. The quantitative estimate of drug-likeness (QED) is 0.377. The fraction of sp³-hybridized carbons (Fsp3) is 0.192. The molecule has 0 saturated carbocycles. The van der Waals surface area contributed by atoms with E-state index in [1.165, 1.54) is 22.9 Å². The molecule has 0 atom stereocenters. The second-order valence-electron chi connectivity index (χ2n) is 7.47. The Hall–Kier alpha value is -3.38. The zero-order valence-corrected chi connectivity index (χ0v) is 18.9. The average molecular weight is 443 g/mol. The molecule has 3 aromatic carbocycles. The molecule has 4 rings (SSSR count). The van der Waals surface area contributed by atoms with Crippen molar-refractivity contribution < 1.29 is 4.79 Å². The number of amides is 1. The van der Waals surface area contributed by atoms with E-state index in [4.69, 9.17) is 0 Å². The lowest BCUT2D eigenvalue weighted by atomic mass is 10.1. The van der Waals surface area contributed by atoms with Crippen LogP contribution in [0.4, 0.5) is 0 Å². The van der Waals surface area contributed by atoms with Crippen LogP contribution < -0.4 is 5.32 Å². The predicted molar refractivity (Wildman–Crippen MR) is 129 cm³/mol. The molecule has 1 aromatic heterocycles. The maximum Gasteiger partial charge on any atom is 0.230 e. The van der Waals surface area contributed by atoms with Gasteiger partial charge in [-0.25, -0.2) is 0 Å². The number of hydrogen-bond acceptors (Lipinski definition) is 4. The largest absolute Gasteiger partial charge is 0.351 e. The normalized spacial score (nSPS) is 10.8. The summed E-state index contributed by atoms with van der Waals surface area (Å²) in [5.41, 5.74) is 4.53. The van der Waals surface area contributed by atoms with Crippen LogP contribution in [0.2, 0.25) is 0 Å². The van der Waals surface area contributed by atoms with Crippen molar-refractivity contribution in [1.82, 2.24) is 20.1 Å². The van der Waals surface area contributed by atoms with Crippen molar-refractivity contribution in [3.63, 3.8) is 0 Å². The molecule has 5 nitrogen and oxygen atoms in total. The van der Waals surface area contributed by atoms with Gasteiger partial charge in [-0.2, -0.15) is 0 Å². The van der Waals surface area contributed by atoms with Gasteiger partial charge in [-0.1, -0.05) is 91.5 Å². The maximum atomic E-state index is 12.4.